The maximum atomic E-state index is 11.1. The third kappa shape index (κ3) is 2.68. The zero-order valence-electron chi connectivity index (χ0n) is 9.01. The summed E-state index contributed by atoms with van der Waals surface area (Å²) in [5.41, 5.74) is 0.432. The number of aromatic nitrogens is 2. The van der Waals surface area contributed by atoms with Crippen molar-refractivity contribution in [3.8, 4) is 0 Å². The number of nitrogens with zero attached hydrogens (tertiary/aromatic N) is 1. The van der Waals surface area contributed by atoms with Gasteiger partial charge in [-0.15, -0.1) is 0 Å². The zero-order valence-corrected chi connectivity index (χ0v) is 9.01. The normalized spacial score (nSPS) is 10.2. The summed E-state index contributed by atoms with van der Waals surface area (Å²) in [7, 11) is 0. The van der Waals surface area contributed by atoms with Crippen LogP contribution in [0.2, 0.25) is 0 Å². The predicted molar refractivity (Wildman–Crippen MR) is 53.6 cm³/mol. The van der Waals surface area contributed by atoms with E-state index < -0.39 is 5.41 Å². The second kappa shape index (κ2) is 4.80. The van der Waals surface area contributed by atoms with Gasteiger partial charge < -0.3 is 0 Å². The number of rotatable bonds is 2. The van der Waals surface area contributed by atoms with Gasteiger partial charge in [0, 0.05) is 11.9 Å². The van der Waals surface area contributed by atoms with Crippen LogP contribution in [0.3, 0.4) is 0 Å². The average molecular weight is 182 g/mol. The predicted octanol–water partition coefficient (Wildman–Crippen LogP) is 2.30. The molecule has 3 heteroatoms. The van der Waals surface area contributed by atoms with Crippen molar-refractivity contribution in [1.29, 1.82) is 0 Å². The van der Waals surface area contributed by atoms with Gasteiger partial charge >= 0.3 is 0 Å². The van der Waals surface area contributed by atoms with Gasteiger partial charge in [-0.1, -0.05) is 13.8 Å². The molecule has 74 valence electrons. The van der Waals surface area contributed by atoms with Crippen molar-refractivity contribution in [3.63, 3.8) is 0 Å². The van der Waals surface area contributed by atoms with Gasteiger partial charge in [-0.25, -0.2) is 0 Å². The molecule has 0 aromatic carbocycles. The van der Waals surface area contributed by atoms with Gasteiger partial charge in [0.1, 0.15) is 5.78 Å². The Morgan fingerprint density at radius 3 is 2.31 bits per heavy atom. The second-order valence-corrected chi connectivity index (χ2v) is 3.15. The molecule has 0 bridgehead atoms. The van der Waals surface area contributed by atoms with Crippen molar-refractivity contribution >= 4 is 5.78 Å². The number of nitrogens with one attached hydrogen (secondary N) is 1. The number of carbonyl (C=O) groups excluding carboxylic acids is 1. The van der Waals surface area contributed by atoms with Crippen molar-refractivity contribution in [3.05, 3.63) is 18.0 Å². The minimum Gasteiger partial charge on any atom is -0.299 e. The van der Waals surface area contributed by atoms with E-state index in [2.05, 4.69) is 10.2 Å². The quantitative estimate of drug-likeness (QED) is 0.762. The molecule has 0 radical (unpaired) electrons. The fourth-order valence-corrected chi connectivity index (χ4v) is 0.794. The Bertz CT molecular complexity index is 250. The fourth-order valence-electron chi connectivity index (χ4n) is 0.794. The molecule has 0 saturated heterocycles. The Hall–Kier alpha value is -1.12. The standard InChI is InChI=1S/C8H12N2O.C2H6/c1-6(11)8(2,3)7-4-5-9-10-7;1-2/h4-5H,1-3H3,(H,9,10);1-2H3. The molecule has 13 heavy (non-hydrogen) atoms. The lowest BCUT2D eigenvalue weighted by molar-refractivity contribution is -0.121. The van der Waals surface area contributed by atoms with Gasteiger partial charge in [-0.05, 0) is 26.8 Å². The smallest absolute Gasteiger partial charge is 0.141 e. The number of ketones is 1. The second-order valence-electron chi connectivity index (χ2n) is 3.15. The van der Waals surface area contributed by atoms with Gasteiger partial charge in [0.15, 0.2) is 0 Å². The Morgan fingerprint density at radius 2 is 2.00 bits per heavy atom. The van der Waals surface area contributed by atoms with Crippen LogP contribution in [0.5, 0.6) is 0 Å². The number of Topliss-reactive ketones (excluding diaryl/α,β-unsaturated/α-hetero) is 1. The Balaban J connectivity index is 0.000000671. The van der Waals surface area contributed by atoms with Crippen LogP contribution in [0, 0.1) is 0 Å². The topological polar surface area (TPSA) is 45.8 Å². The number of hydrogen-bond donors (Lipinski definition) is 1. The summed E-state index contributed by atoms with van der Waals surface area (Å²) < 4.78 is 0. The molecule has 3 nitrogen and oxygen atoms in total. The Morgan fingerprint density at radius 1 is 1.46 bits per heavy atom. The molecule has 0 aliphatic heterocycles. The summed E-state index contributed by atoms with van der Waals surface area (Å²) in [4.78, 5) is 11.1. The Kier molecular flexibility index (Phi) is 4.38. The lowest BCUT2D eigenvalue weighted by Crippen LogP contribution is -2.26. The van der Waals surface area contributed by atoms with Gasteiger partial charge in [-0.3, -0.25) is 9.89 Å². The molecule has 1 aromatic heterocycles. The molecule has 0 aliphatic rings. The van der Waals surface area contributed by atoms with Crippen molar-refractivity contribution < 1.29 is 4.79 Å². The lowest BCUT2D eigenvalue weighted by Gasteiger charge is -2.18. The van der Waals surface area contributed by atoms with Crippen molar-refractivity contribution in [2.45, 2.75) is 40.0 Å². The molecule has 1 N–H and O–H groups in total. The third-order valence-corrected chi connectivity index (χ3v) is 2.05. The maximum absolute atomic E-state index is 11.1. The van der Waals surface area contributed by atoms with Crippen LogP contribution >= 0.6 is 0 Å². The number of aromatic amines is 1. The van der Waals surface area contributed by atoms with Crippen LogP contribution in [0.15, 0.2) is 12.3 Å². The van der Waals surface area contributed by atoms with Crippen LogP contribution in [-0.4, -0.2) is 16.0 Å². The number of H-pyrrole nitrogens is 1. The first-order valence-corrected chi connectivity index (χ1v) is 4.56. The number of hydrogen-bond acceptors (Lipinski definition) is 2. The highest BCUT2D eigenvalue weighted by Crippen LogP contribution is 2.20. The van der Waals surface area contributed by atoms with Crippen LogP contribution in [0.1, 0.15) is 40.3 Å². The van der Waals surface area contributed by atoms with E-state index in [1.54, 1.807) is 13.1 Å². The highest BCUT2D eigenvalue weighted by Gasteiger charge is 2.26. The first kappa shape index (κ1) is 11.9. The molecule has 0 amide bonds. The molecular weight excluding hydrogens is 164 g/mol. The SMILES string of the molecule is CC.CC(=O)C(C)(C)c1ccn[nH]1. The molecule has 0 spiro atoms. The van der Waals surface area contributed by atoms with Crippen molar-refractivity contribution in [2.75, 3.05) is 0 Å². The minimum absolute atomic E-state index is 0.141. The molecule has 1 heterocycles. The Labute approximate surface area is 79.6 Å². The van der Waals surface area contributed by atoms with E-state index in [1.807, 2.05) is 33.8 Å². The molecule has 1 rings (SSSR count). The number of carbonyl (C=O) groups is 1. The van der Waals surface area contributed by atoms with E-state index in [4.69, 9.17) is 0 Å². The first-order chi connectivity index (χ1) is 6.05. The molecular formula is C10H18N2O. The van der Waals surface area contributed by atoms with E-state index >= 15 is 0 Å². The minimum atomic E-state index is -0.434. The first-order valence-electron chi connectivity index (χ1n) is 4.56. The summed E-state index contributed by atoms with van der Waals surface area (Å²) >= 11 is 0. The zero-order chi connectivity index (χ0) is 10.5. The molecule has 1 aromatic rings. The monoisotopic (exact) mass is 182 g/mol. The van der Waals surface area contributed by atoms with E-state index in [0.29, 0.717) is 0 Å². The third-order valence-electron chi connectivity index (χ3n) is 2.05. The van der Waals surface area contributed by atoms with Crippen molar-refractivity contribution in [2.24, 2.45) is 0 Å². The van der Waals surface area contributed by atoms with E-state index in [0.717, 1.165) is 5.69 Å². The van der Waals surface area contributed by atoms with Gasteiger partial charge in [-0.2, -0.15) is 5.10 Å². The van der Waals surface area contributed by atoms with Gasteiger partial charge in [0.2, 0.25) is 0 Å². The van der Waals surface area contributed by atoms with E-state index in [1.165, 1.54) is 0 Å². The molecule has 0 atom stereocenters. The van der Waals surface area contributed by atoms with E-state index in [9.17, 15) is 4.79 Å². The highest BCUT2D eigenvalue weighted by atomic mass is 16.1. The molecule has 0 unspecified atom stereocenters. The van der Waals surface area contributed by atoms with Crippen LogP contribution in [0.4, 0.5) is 0 Å². The van der Waals surface area contributed by atoms with Crippen LogP contribution in [-0.2, 0) is 10.2 Å². The largest absolute Gasteiger partial charge is 0.299 e. The lowest BCUT2D eigenvalue weighted by atomic mass is 9.85. The maximum Gasteiger partial charge on any atom is 0.141 e. The van der Waals surface area contributed by atoms with Crippen LogP contribution < -0.4 is 0 Å². The van der Waals surface area contributed by atoms with Crippen molar-refractivity contribution in [1.82, 2.24) is 10.2 Å². The summed E-state index contributed by atoms with van der Waals surface area (Å²) in [6, 6.07) is 1.82. The van der Waals surface area contributed by atoms with Crippen LogP contribution in [0.25, 0.3) is 0 Å². The van der Waals surface area contributed by atoms with E-state index in [-0.39, 0.29) is 5.78 Å². The fraction of sp³-hybridized carbons (Fsp3) is 0.600. The van der Waals surface area contributed by atoms with Gasteiger partial charge in [0.25, 0.3) is 0 Å². The summed E-state index contributed by atoms with van der Waals surface area (Å²) in [6.07, 6.45) is 1.65. The highest BCUT2D eigenvalue weighted by molar-refractivity contribution is 5.86. The summed E-state index contributed by atoms with van der Waals surface area (Å²) in [5, 5.41) is 6.58. The molecule has 0 saturated carbocycles. The summed E-state index contributed by atoms with van der Waals surface area (Å²) in [5.74, 6) is 0.141. The summed E-state index contributed by atoms with van der Waals surface area (Å²) in [6.45, 7) is 9.34. The van der Waals surface area contributed by atoms with Gasteiger partial charge in [0.05, 0.1) is 5.41 Å². The molecule has 0 aliphatic carbocycles. The molecule has 0 fully saturated rings. The average Bonchev–Trinajstić information content (AvgIpc) is 2.60.